The number of rotatable bonds is 1. The average Bonchev–Trinajstić information content (AvgIpc) is 1.35. The van der Waals surface area contributed by atoms with Gasteiger partial charge in [-0.2, -0.15) is 5.11 Å². The van der Waals surface area contributed by atoms with Crippen LogP contribution in [0.5, 0.6) is 0 Å². The molecule has 0 heterocycles. The van der Waals surface area contributed by atoms with Crippen LogP contribution < -0.4 is 0 Å². The highest BCUT2D eigenvalue weighted by Crippen LogP contribution is 1.72. The molecule has 0 rings (SSSR count). The molecule has 0 aromatic heterocycles. The van der Waals surface area contributed by atoms with Crippen molar-refractivity contribution in [1.29, 1.82) is 0 Å². The topological polar surface area (TPSA) is 41.8 Å². The van der Waals surface area contributed by atoms with E-state index in [0.717, 1.165) is 0 Å². The summed E-state index contributed by atoms with van der Waals surface area (Å²) in [6, 6.07) is 0. The van der Waals surface area contributed by atoms with Gasteiger partial charge in [0.2, 0.25) is 0 Å². The van der Waals surface area contributed by atoms with E-state index in [-0.39, 0.29) is 0 Å². The summed E-state index contributed by atoms with van der Waals surface area (Å²) >= 11 is 0. The quantitative estimate of drug-likeness (QED) is 0.445. The Hall–Kier alpha value is -0.250. The van der Waals surface area contributed by atoms with Crippen LogP contribution in [0, 0.1) is 0 Å². The minimum Gasteiger partial charge on any atom is -0.234 e. The molecule has 6 heavy (non-hydrogen) atoms. The van der Waals surface area contributed by atoms with Crippen molar-refractivity contribution in [3.63, 3.8) is 0 Å². The van der Waals surface area contributed by atoms with Crippen LogP contribution in [-0.2, 0) is 11.0 Å². The minimum atomic E-state index is -1.11. The maximum atomic E-state index is 9.89. The van der Waals surface area contributed by atoms with Gasteiger partial charge in [-0.05, 0) is 0 Å². The zero-order valence-electron chi connectivity index (χ0n) is 3.71. The van der Waals surface area contributed by atoms with Gasteiger partial charge in [-0.3, -0.25) is 0 Å². The lowest BCUT2D eigenvalue weighted by Crippen LogP contribution is -1.71. The van der Waals surface area contributed by atoms with Crippen LogP contribution in [0.2, 0.25) is 0 Å². The Morgan fingerprint density at radius 3 is 2.17 bits per heavy atom. The van der Waals surface area contributed by atoms with Crippen LogP contribution in [-0.4, -0.2) is 17.5 Å². The fourth-order valence-corrected chi connectivity index (χ4v) is 0.345. The first-order valence-electron chi connectivity index (χ1n) is 1.40. The van der Waals surface area contributed by atoms with E-state index in [1.807, 2.05) is 0 Å². The molecule has 3 nitrogen and oxygen atoms in total. The van der Waals surface area contributed by atoms with Gasteiger partial charge in [0.1, 0.15) is 0 Å². The summed E-state index contributed by atoms with van der Waals surface area (Å²) < 4.78 is 13.1. The fraction of sp³-hybridized carbons (Fsp3) is 1.00. The van der Waals surface area contributed by atoms with Crippen LogP contribution in [0.15, 0.2) is 9.63 Å². The van der Waals surface area contributed by atoms with E-state index in [9.17, 15) is 4.21 Å². The molecular formula is C2H6N2OS. The van der Waals surface area contributed by atoms with Crippen molar-refractivity contribution in [1.82, 2.24) is 0 Å². The van der Waals surface area contributed by atoms with Crippen molar-refractivity contribution in [3.8, 4) is 0 Å². The zero-order chi connectivity index (χ0) is 4.99. The standard InChI is InChI=1S/C2H6N2OS/c1-3-4-6(2)5/h1-2H3. The maximum absolute atomic E-state index is 9.89. The summed E-state index contributed by atoms with van der Waals surface area (Å²) in [5.74, 6) is 0. The highest BCUT2D eigenvalue weighted by molar-refractivity contribution is 7.82. The van der Waals surface area contributed by atoms with E-state index in [0.29, 0.717) is 0 Å². The first kappa shape index (κ1) is 5.75. The summed E-state index contributed by atoms with van der Waals surface area (Å²) in [5, 5.41) is 3.26. The molecule has 0 fully saturated rings. The second-order valence-corrected chi connectivity index (χ2v) is 1.72. The first-order valence-corrected chi connectivity index (χ1v) is 2.92. The van der Waals surface area contributed by atoms with Gasteiger partial charge >= 0.3 is 0 Å². The Labute approximate surface area is 39.1 Å². The third kappa shape index (κ3) is 3.75. The van der Waals surface area contributed by atoms with Gasteiger partial charge in [0.25, 0.3) is 0 Å². The Kier molecular flexibility index (Phi) is 2.84. The molecule has 0 N–H and O–H groups in total. The van der Waals surface area contributed by atoms with Crippen LogP contribution in [0.1, 0.15) is 0 Å². The normalized spacial score (nSPS) is 15.7. The van der Waals surface area contributed by atoms with Crippen molar-refractivity contribution < 1.29 is 4.21 Å². The fourth-order valence-electron chi connectivity index (χ4n) is 0.115. The molecule has 0 aromatic carbocycles. The lowest BCUT2D eigenvalue weighted by atomic mass is 11.6. The van der Waals surface area contributed by atoms with Crippen LogP contribution in [0.3, 0.4) is 0 Å². The predicted molar refractivity (Wildman–Crippen MR) is 24.8 cm³/mol. The molecule has 0 amide bonds. The lowest BCUT2D eigenvalue weighted by Gasteiger charge is -1.69. The number of nitrogens with zero attached hydrogens (tertiary/aromatic N) is 2. The molecule has 0 spiro atoms. The average molecular weight is 106 g/mol. The highest BCUT2D eigenvalue weighted by atomic mass is 32.2. The summed E-state index contributed by atoms with van der Waals surface area (Å²) in [6.45, 7) is 0. The van der Waals surface area contributed by atoms with Crippen LogP contribution >= 0.6 is 0 Å². The van der Waals surface area contributed by atoms with Gasteiger partial charge in [0, 0.05) is 13.3 Å². The SMILES string of the molecule is CN=NS(C)=O. The van der Waals surface area contributed by atoms with Gasteiger partial charge < -0.3 is 0 Å². The molecule has 0 saturated carbocycles. The van der Waals surface area contributed by atoms with E-state index in [4.69, 9.17) is 0 Å². The van der Waals surface area contributed by atoms with Crippen molar-refractivity contribution in [2.75, 3.05) is 13.3 Å². The van der Waals surface area contributed by atoms with Crippen LogP contribution in [0.25, 0.3) is 0 Å². The molecule has 1 atom stereocenters. The molecule has 0 aliphatic carbocycles. The molecular weight excluding hydrogens is 100 g/mol. The molecule has 4 heteroatoms. The van der Waals surface area contributed by atoms with Gasteiger partial charge in [-0.1, -0.05) is 4.52 Å². The van der Waals surface area contributed by atoms with Gasteiger partial charge in [-0.25, -0.2) is 4.21 Å². The Balaban J connectivity index is 3.30. The smallest absolute Gasteiger partial charge is 0.155 e. The summed E-state index contributed by atoms with van der Waals surface area (Å²) in [5.41, 5.74) is 0. The molecule has 36 valence electrons. The molecule has 0 aliphatic rings. The van der Waals surface area contributed by atoms with Gasteiger partial charge in [-0.15, -0.1) is 0 Å². The Morgan fingerprint density at radius 1 is 1.67 bits per heavy atom. The molecule has 0 aliphatic heterocycles. The second kappa shape index (κ2) is 2.96. The lowest BCUT2D eigenvalue weighted by molar-refractivity contribution is 0.686. The van der Waals surface area contributed by atoms with Gasteiger partial charge in [0.05, 0.1) is 0 Å². The summed E-state index contributed by atoms with van der Waals surface area (Å²) in [6.07, 6.45) is 1.47. The monoisotopic (exact) mass is 106 g/mol. The van der Waals surface area contributed by atoms with Gasteiger partial charge in [0.15, 0.2) is 11.0 Å². The predicted octanol–water partition coefficient (Wildman–Crippen LogP) is 0.362. The number of hydrogen-bond donors (Lipinski definition) is 0. The molecule has 1 unspecified atom stereocenters. The third-order valence-electron chi connectivity index (χ3n) is 0.197. The largest absolute Gasteiger partial charge is 0.234 e. The molecule has 0 aromatic rings. The van der Waals surface area contributed by atoms with Crippen molar-refractivity contribution in [3.05, 3.63) is 0 Å². The van der Waals surface area contributed by atoms with E-state index in [1.54, 1.807) is 0 Å². The second-order valence-electron chi connectivity index (χ2n) is 0.705. The van der Waals surface area contributed by atoms with Crippen LogP contribution in [0.4, 0.5) is 0 Å². The maximum Gasteiger partial charge on any atom is 0.155 e. The van der Waals surface area contributed by atoms with Crippen molar-refractivity contribution in [2.45, 2.75) is 0 Å². The first-order chi connectivity index (χ1) is 2.77. The van der Waals surface area contributed by atoms with Crippen molar-refractivity contribution in [2.24, 2.45) is 9.63 Å². The Morgan fingerprint density at radius 2 is 2.17 bits per heavy atom. The molecule has 0 radical (unpaired) electrons. The molecule has 0 saturated heterocycles. The van der Waals surface area contributed by atoms with Crippen molar-refractivity contribution >= 4 is 11.0 Å². The number of hydrogen-bond acceptors (Lipinski definition) is 2. The van der Waals surface area contributed by atoms with E-state index in [1.165, 1.54) is 13.3 Å². The van der Waals surface area contributed by atoms with E-state index in [2.05, 4.69) is 9.63 Å². The highest BCUT2D eigenvalue weighted by Gasteiger charge is 1.72. The summed E-state index contributed by atoms with van der Waals surface area (Å²) in [7, 11) is 0.380. The van der Waals surface area contributed by atoms with E-state index < -0.39 is 11.0 Å². The Bertz CT molecular complexity index is 79.6. The summed E-state index contributed by atoms with van der Waals surface area (Å²) in [4.78, 5) is 0. The zero-order valence-corrected chi connectivity index (χ0v) is 4.53. The minimum absolute atomic E-state index is 1.11. The molecule has 0 bridgehead atoms. The third-order valence-corrected chi connectivity index (χ3v) is 0.590. The van der Waals surface area contributed by atoms with E-state index >= 15 is 0 Å².